The lowest BCUT2D eigenvalue weighted by molar-refractivity contribution is 0.340. The van der Waals surface area contributed by atoms with Crippen molar-refractivity contribution in [3.63, 3.8) is 0 Å². The highest BCUT2D eigenvalue weighted by Crippen LogP contribution is 2.27. The third-order valence-corrected chi connectivity index (χ3v) is 3.63. The van der Waals surface area contributed by atoms with E-state index in [9.17, 15) is 0 Å². The number of aromatic nitrogens is 2. The van der Waals surface area contributed by atoms with Crippen LogP contribution in [0.15, 0.2) is 48.5 Å². The third-order valence-electron chi connectivity index (χ3n) is 3.63. The lowest BCUT2D eigenvalue weighted by Gasteiger charge is -2.12. The fourth-order valence-corrected chi connectivity index (χ4v) is 2.71. The minimum atomic E-state index is 0.569. The van der Waals surface area contributed by atoms with Crippen molar-refractivity contribution in [2.75, 3.05) is 6.61 Å². The van der Waals surface area contributed by atoms with E-state index in [4.69, 9.17) is 9.72 Å². The van der Waals surface area contributed by atoms with Crippen molar-refractivity contribution in [1.82, 2.24) is 9.55 Å². The highest BCUT2D eigenvalue weighted by atomic mass is 16.5. The lowest BCUT2D eigenvalue weighted by atomic mass is 10.2. The van der Waals surface area contributed by atoms with E-state index in [2.05, 4.69) is 48.7 Å². The van der Waals surface area contributed by atoms with Crippen molar-refractivity contribution in [1.29, 1.82) is 0 Å². The number of nitrogens with zero attached hydrogens (tertiary/aromatic N) is 2. The van der Waals surface area contributed by atoms with Crippen molar-refractivity contribution >= 4 is 11.0 Å². The van der Waals surface area contributed by atoms with E-state index in [0.717, 1.165) is 29.2 Å². The van der Waals surface area contributed by atoms with Gasteiger partial charge in [-0.15, -0.1) is 0 Å². The van der Waals surface area contributed by atoms with Gasteiger partial charge in [0.2, 0.25) is 0 Å². The highest BCUT2D eigenvalue weighted by molar-refractivity contribution is 5.80. The Bertz CT molecular complexity index is 757. The minimum Gasteiger partial charge on any atom is -0.494 e. The quantitative estimate of drug-likeness (QED) is 0.678. The normalized spacial score (nSPS) is 11.3. The Balaban J connectivity index is 2.08. The molecule has 0 N–H and O–H groups in total. The summed E-state index contributed by atoms with van der Waals surface area (Å²) in [7, 11) is 0. The zero-order valence-electron chi connectivity index (χ0n) is 13.4. The molecule has 0 amide bonds. The summed E-state index contributed by atoms with van der Waals surface area (Å²) in [6, 6.07) is 16.5. The second kappa shape index (κ2) is 6.22. The third kappa shape index (κ3) is 2.84. The lowest BCUT2D eigenvalue weighted by Crippen LogP contribution is -2.06. The van der Waals surface area contributed by atoms with Crippen molar-refractivity contribution in [3.8, 4) is 17.1 Å². The smallest absolute Gasteiger partial charge is 0.141 e. The second-order valence-corrected chi connectivity index (χ2v) is 5.89. The van der Waals surface area contributed by atoms with Crippen LogP contribution in [-0.2, 0) is 6.54 Å². The standard InChI is InChI=1S/C19H22N2O/c1-4-22-16-11-9-15(10-12-16)19-20-17-7-5-6-8-18(17)21(19)13-14(2)3/h5-12,14H,4,13H2,1-3H3. The molecule has 0 saturated heterocycles. The summed E-state index contributed by atoms with van der Waals surface area (Å²) in [4.78, 5) is 4.83. The molecule has 114 valence electrons. The van der Waals surface area contributed by atoms with Crippen LogP contribution in [0.5, 0.6) is 5.75 Å². The second-order valence-electron chi connectivity index (χ2n) is 5.89. The highest BCUT2D eigenvalue weighted by Gasteiger charge is 2.13. The fourth-order valence-electron chi connectivity index (χ4n) is 2.71. The Morgan fingerprint density at radius 1 is 1.05 bits per heavy atom. The molecular formula is C19H22N2O. The van der Waals surface area contributed by atoms with Gasteiger partial charge in [-0.25, -0.2) is 4.98 Å². The Labute approximate surface area is 131 Å². The number of benzene rings is 2. The molecule has 0 radical (unpaired) electrons. The predicted molar refractivity (Wildman–Crippen MR) is 91.2 cm³/mol. The van der Waals surface area contributed by atoms with E-state index in [0.29, 0.717) is 12.5 Å². The maximum absolute atomic E-state index is 5.52. The first kappa shape index (κ1) is 14.6. The van der Waals surface area contributed by atoms with E-state index < -0.39 is 0 Å². The Morgan fingerprint density at radius 3 is 2.45 bits per heavy atom. The first-order chi connectivity index (χ1) is 10.7. The van der Waals surface area contributed by atoms with E-state index in [1.54, 1.807) is 0 Å². The maximum atomic E-state index is 5.52. The van der Waals surface area contributed by atoms with Crippen LogP contribution in [0.4, 0.5) is 0 Å². The molecule has 3 heteroatoms. The van der Waals surface area contributed by atoms with Gasteiger partial charge in [0.15, 0.2) is 0 Å². The van der Waals surface area contributed by atoms with E-state index in [1.807, 2.05) is 25.1 Å². The summed E-state index contributed by atoms with van der Waals surface area (Å²) < 4.78 is 7.84. The van der Waals surface area contributed by atoms with Crippen LogP contribution in [0.2, 0.25) is 0 Å². The van der Waals surface area contributed by atoms with Gasteiger partial charge in [-0.05, 0) is 49.2 Å². The summed E-state index contributed by atoms with van der Waals surface area (Å²) in [5, 5.41) is 0. The maximum Gasteiger partial charge on any atom is 0.141 e. The molecule has 0 aliphatic heterocycles. The average molecular weight is 294 g/mol. The molecule has 1 aromatic heterocycles. The number of hydrogen-bond donors (Lipinski definition) is 0. The van der Waals surface area contributed by atoms with Crippen molar-refractivity contribution < 1.29 is 4.74 Å². The van der Waals surface area contributed by atoms with Crippen molar-refractivity contribution in [2.45, 2.75) is 27.3 Å². The Morgan fingerprint density at radius 2 is 1.77 bits per heavy atom. The van der Waals surface area contributed by atoms with Crippen LogP contribution in [0, 0.1) is 5.92 Å². The summed E-state index contributed by atoms with van der Waals surface area (Å²) in [5.41, 5.74) is 3.37. The number of rotatable bonds is 5. The minimum absolute atomic E-state index is 0.569. The summed E-state index contributed by atoms with van der Waals surface area (Å²) in [6.07, 6.45) is 0. The summed E-state index contributed by atoms with van der Waals surface area (Å²) in [5.74, 6) is 2.50. The molecule has 0 saturated carbocycles. The van der Waals surface area contributed by atoms with E-state index in [-0.39, 0.29) is 0 Å². The molecule has 0 atom stereocenters. The first-order valence-electron chi connectivity index (χ1n) is 7.87. The van der Waals surface area contributed by atoms with Gasteiger partial charge in [-0.2, -0.15) is 0 Å². The van der Waals surface area contributed by atoms with Crippen LogP contribution in [0.1, 0.15) is 20.8 Å². The molecule has 0 fully saturated rings. The van der Waals surface area contributed by atoms with Gasteiger partial charge in [0.05, 0.1) is 17.6 Å². The Kier molecular flexibility index (Phi) is 4.14. The SMILES string of the molecule is CCOc1ccc(-c2nc3ccccc3n2CC(C)C)cc1. The predicted octanol–water partition coefficient (Wildman–Crippen LogP) is 4.76. The van der Waals surface area contributed by atoms with Crippen LogP contribution < -0.4 is 4.74 Å². The van der Waals surface area contributed by atoms with E-state index in [1.165, 1.54) is 5.52 Å². The number of fused-ring (bicyclic) bond motifs is 1. The molecular weight excluding hydrogens is 272 g/mol. The van der Waals surface area contributed by atoms with Crippen LogP contribution in [0.3, 0.4) is 0 Å². The van der Waals surface area contributed by atoms with Crippen LogP contribution in [0.25, 0.3) is 22.4 Å². The molecule has 0 unspecified atom stereocenters. The topological polar surface area (TPSA) is 27.1 Å². The van der Waals surface area contributed by atoms with Gasteiger partial charge < -0.3 is 9.30 Å². The molecule has 0 aliphatic carbocycles. The fraction of sp³-hybridized carbons (Fsp3) is 0.316. The monoisotopic (exact) mass is 294 g/mol. The van der Waals surface area contributed by atoms with Gasteiger partial charge in [0.25, 0.3) is 0 Å². The van der Waals surface area contributed by atoms with Gasteiger partial charge in [-0.3, -0.25) is 0 Å². The summed E-state index contributed by atoms with van der Waals surface area (Å²) in [6.45, 7) is 8.11. The molecule has 3 aromatic rings. The molecule has 3 rings (SSSR count). The van der Waals surface area contributed by atoms with Gasteiger partial charge >= 0.3 is 0 Å². The van der Waals surface area contributed by atoms with Gasteiger partial charge in [0, 0.05) is 12.1 Å². The van der Waals surface area contributed by atoms with Crippen molar-refractivity contribution in [3.05, 3.63) is 48.5 Å². The van der Waals surface area contributed by atoms with Gasteiger partial charge in [0.1, 0.15) is 11.6 Å². The molecule has 1 heterocycles. The van der Waals surface area contributed by atoms with E-state index >= 15 is 0 Å². The largest absolute Gasteiger partial charge is 0.494 e. The molecule has 3 nitrogen and oxygen atoms in total. The molecule has 2 aromatic carbocycles. The molecule has 0 spiro atoms. The Hall–Kier alpha value is -2.29. The van der Waals surface area contributed by atoms with Crippen molar-refractivity contribution in [2.24, 2.45) is 5.92 Å². The number of ether oxygens (including phenoxy) is 1. The zero-order chi connectivity index (χ0) is 15.5. The summed E-state index contributed by atoms with van der Waals surface area (Å²) >= 11 is 0. The average Bonchev–Trinajstić information content (AvgIpc) is 2.87. The van der Waals surface area contributed by atoms with Gasteiger partial charge in [-0.1, -0.05) is 26.0 Å². The zero-order valence-corrected chi connectivity index (χ0v) is 13.4. The molecule has 0 bridgehead atoms. The number of para-hydroxylation sites is 2. The van der Waals surface area contributed by atoms with Crippen LogP contribution in [-0.4, -0.2) is 16.2 Å². The number of imidazole rings is 1. The first-order valence-corrected chi connectivity index (χ1v) is 7.87. The van der Waals surface area contributed by atoms with Crippen LogP contribution >= 0.6 is 0 Å². The number of hydrogen-bond acceptors (Lipinski definition) is 2. The molecule has 0 aliphatic rings. The molecule has 22 heavy (non-hydrogen) atoms.